The number of nitrogens with zero attached hydrogens (tertiary/aromatic N) is 1. The lowest BCUT2D eigenvalue weighted by atomic mass is 10.1. The maximum Gasteiger partial charge on any atom is 0.312 e. The average Bonchev–Trinajstić information content (AvgIpc) is 2.54. The standard InChI is InChI=1S/C17H19NO3S/c1-2-3-10-15-11-7-12-16(18(19)20)17(15)21-22-13-14-8-5-4-6-9-14/h4-9,11-12H,2-3,10,13H2,1H3. The van der Waals surface area contributed by atoms with Crippen molar-refractivity contribution in [3.8, 4) is 5.75 Å². The summed E-state index contributed by atoms with van der Waals surface area (Å²) in [6, 6.07) is 15.0. The maximum atomic E-state index is 11.2. The van der Waals surface area contributed by atoms with Crippen molar-refractivity contribution in [2.24, 2.45) is 0 Å². The van der Waals surface area contributed by atoms with Gasteiger partial charge in [0.25, 0.3) is 0 Å². The van der Waals surface area contributed by atoms with Crippen LogP contribution in [0.5, 0.6) is 5.75 Å². The van der Waals surface area contributed by atoms with Crippen molar-refractivity contribution >= 4 is 17.7 Å². The zero-order valence-electron chi connectivity index (χ0n) is 12.5. The average molecular weight is 317 g/mol. The molecule has 2 rings (SSSR count). The van der Waals surface area contributed by atoms with Crippen LogP contribution in [0.4, 0.5) is 5.69 Å². The SMILES string of the molecule is CCCCc1cccc([N+](=O)[O-])c1OSCc1ccccc1. The molecule has 22 heavy (non-hydrogen) atoms. The first-order valence-electron chi connectivity index (χ1n) is 7.32. The van der Waals surface area contributed by atoms with Crippen molar-refractivity contribution in [1.82, 2.24) is 0 Å². The number of nitro benzene ring substituents is 1. The topological polar surface area (TPSA) is 52.4 Å². The van der Waals surface area contributed by atoms with Crippen molar-refractivity contribution in [2.45, 2.75) is 31.9 Å². The fourth-order valence-corrected chi connectivity index (χ4v) is 2.80. The Morgan fingerprint density at radius 1 is 1.14 bits per heavy atom. The minimum Gasteiger partial charge on any atom is -0.418 e. The number of unbranched alkanes of at least 4 members (excludes halogenated alkanes) is 1. The lowest BCUT2D eigenvalue weighted by molar-refractivity contribution is -0.385. The Balaban J connectivity index is 2.11. The van der Waals surface area contributed by atoms with E-state index < -0.39 is 0 Å². The predicted molar refractivity (Wildman–Crippen MR) is 90.1 cm³/mol. The van der Waals surface area contributed by atoms with Gasteiger partial charge in [0.15, 0.2) is 0 Å². The summed E-state index contributed by atoms with van der Waals surface area (Å²) in [6.07, 6.45) is 2.82. The van der Waals surface area contributed by atoms with Crippen LogP contribution >= 0.6 is 12.0 Å². The number of para-hydroxylation sites is 1. The summed E-state index contributed by atoms with van der Waals surface area (Å²) < 4.78 is 5.71. The van der Waals surface area contributed by atoms with E-state index in [0.717, 1.165) is 30.4 Å². The number of hydrogen-bond donors (Lipinski definition) is 0. The Kier molecular flexibility index (Phi) is 6.27. The number of hydrogen-bond acceptors (Lipinski definition) is 4. The summed E-state index contributed by atoms with van der Waals surface area (Å²) in [4.78, 5) is 10.8. The quantitative estimate of drug-likeness (QED) is 0.383. The van der Waals surface area contributed by atoms with Crippen LogP contribution in [0.25, 0.3) is 0 Å². The third-order valence-electron chi connectivity index (χ3n) is 3.28. The Morgan fingerprint density at radius 3 is 2.59 bits per heavy atom. The first kappa shape index (κ1) is 16.4. The Labute approximate surface area is 134 Å². The van der Waals surface area contributed by atoms with Crippen LogP contribution in [0.2, 0.25) is 0 Å². The van der Waals surface area contributed by atoms with Gasteiger partial charge in [-0.3, -0.25) is 10.1 Å². The maximum absolute atomic E-state index is 11.2. The third-order valence-corrected chi connectivity index (χ3v) is 4.02. The second kappa shape index (κ2) is 8.44. The summed E-state index contributed by atoms with van der Waals surface area (Å²) in [5, 5.41) is 11.2. The van der Waals surface area contributed by atoms with Gasteiger partial charge in [-0.15, -0.1) is 0 Å². The smallest absolute Gasteiger partial charge is 0.312 e. The highest BCUT2D eigenvalue weighted by atomic mass is 32.2. The molecule has 5 heteroatoms. The highest BCUT2D eigenvalue weighted by Gasteiger charge is 2.19. The Bertz CT molecular complexity index is 617. The molecule has 116 valence electrons. The first-order chi connectivity index (χ1) is 10.7. The molecule has 0 aromatic heterocycles. The Morgan fingerprint density at radius 2 is 1.91 bits per heavy atom. The zero-order chi connectivity index (χ0) is 15.8. The van der Waals surface area contributed by atoms with Crippen molar-refractivity contribution in [2.75, 3.05) is 0 Å². The van der Waals surface area contributed by atoms with Crippen LogP contribution in [0.1, 0.15) is 30.9 Å². The summed E-state index contributed by atoms with van der Waals surface area (Å²) in [7, 11) is 0. The van der Waals surface area contributed by atoms with Crippen LogP contribution in [0.3, 0.4) is 0 Å². The van der Waals surface area contributed by atoms with E-state index in [2.05, 4.69) is 6.92 Å². The molecule has 0 atom stereocenters. The minimum atomic E-state index is -0.381. The van der Waals surface area contributed by atoms with Gasteiger partial charge in [-0.05, 0) is 18.4 Å². The largest absolute Gasteiger partial charge is 0.418 e. The summed E-state index contributed by atoms with van der Waals surface area (Å²) in [5.41, 5.74) is 2.06. The number of benzene rings is 2. The van der Waals surface area contributed by atoms with Gasteiger partial charge in [0, 0.05) is 11.6 Å². The van der Waals surface area contributed by atoms with Gasteiger partial charge >= 0.3 is 5.69 Å². The van der Waals surface area contributed by atoms with Crippen LogP contribution in [-0.4, -0.2) is 4.92 Å². The van der Waals surface area contributed by atoms with E-state index in [9.17, 15) is 10.1 Å². The van der Waals surface area contributed by atoms with E-state index in [0.29, 0.717) is 11.5 Å². The summed E-state index contributed by atoms with van der Waals surface area (Å²) in [6.45, 7) is 2.10. The molecule has 0 N–H and O–H groups in total. The Hall–Kier alpha value is -2.01. The second-order valence-corrected chi connectivity index (χ2v) is 5.65. The molecule has 0 spiro atoms. The van der Waals surface area contributed by atoms with E-state index >= 15 is 0 Å². The lowest BCUT2D eigenvalue weighted by Gasteiger charge is -2.10. The number of rotatable bonds is 8. The molecule has 0 saturated carbocycles. The van der Waals surface area contributed by atoms with E-state index in [1.807, 2.05) is 36.4 Å². The molecule has 0 bridgehead atoms. The van der Waals surface area contributed by atoms with Crippen LogP contribution < -0.4 is 4.18 Å². The summed E-state index contributed by atoms with van der Waals surface area (Å²) in [5.74, 6) is 1.04. The molecule has 0 radical (unpaired) electrons. The molecule has 0 aliphatic carbocycles. The van der Waals surface area contributed by atoms with Crippen molar-refractivity contribution in [3.63, 3.8) is 0 Å². The van der Waals surface area contributed by atoms with Gasteiger partial charge in [-0.2, -0.15) is 0 Å². The van der Waals surface area contributed by atoms with Gasteiger partial charge in [-0.25, -0.2) is 0 Å². The summed E-state index contributed by atoms with van der Waals surface area (Å²) >= 11 is 1.23. The normalized spacial score (nSPS) is 10.4. The monoisotopic (exact) mass is 317 g/mol. The zero-order valence-corrected chi connectivity index (χ0v) is 13.3. The van der Waals surface area contributed by atoms with Gasteiger partial charge in [0.1, 0.15) is 0 Å². The molecule has 0 fully saturated rings. The highest BCUT2D eigenvalue weighted by Crippen LogP contribution is 2.35. The third kappa shape index (κ3) is 4.49. The molecule has 4 nitrogen and oxygen atoms in total. The highest BCUT2D eigenvalue weighted by molar-refractivity contribution is 7.94. The molecule has 0 amide bonds. The molecule has 0 heterocycles. The van der Waals surface area contributed by atoms with Crippen molar-refractivity contribution in [3.05, 3.63) is 69.8 Å². The fraction of sp³-hybridized carbons (Fsp3) is 0.294. The second-order valence-electron chi connectivity index (χ2n) is 4.96. The van der Waals surface area contributed by atoms with Gasteiger partial charge < -0.3 is 4.18 Å². The van der Waals surface area contributed by atoms with Gasteiger partial charge in [0.05, 0.1) is 22.7 Å². The molecule has 2 aromatic carbocycles. The van der Waals surface area contributed by atoms with Crippen molar-refractivity contribution in [1.29, 1.82) is 0 Å². The van der Waals surface area contributed by atoms with Crippen LogP contribution in [-0.2, 0) is 12.2 Å². The molecule has 2 aromatic rings. The molecule has 0 aliphatic heterocycles. The van der Waals surface area contributed by atoms with Crippen LogP contribution in [0, 0.1) is 10.1 Å². The molecular weight excluding hydrogens is 298 g/mol. The van der Waals surface area contributed by atoms with E-state index in [1.165, 1.54) is 18.1 Å². The molecule has 0 aliphatic rings. The lowest BCUT2D eigenvalue weighted by Crippen LogP contribution is -1.98. The van der Waals surface area contributed by atoms with Crippen molar-refractivity contribution < 1.29 is 9.11 Å². The van der Waals surface area contributed by atoms with E-state index in [-0.39, 0.29) is 10.6 Å². The fourth-order valence-electron chi connectivity index (χ4n) is 2.11. The van der Waals surface area contributed by atoms with Gasteiger partial charge in [-0.1, -0.05) is 55.8 Å². The molecular formula is C17H19NO3S. The minimum absolute atomic E-state index is 0.0363. The number of aryl methyl sites for hydroxylation is 1. The van der Waals surface area contributed by atoms with E-state index in [1.54, 1.807) is 6.07 Å². The predicted octanol–water partition coefficient (Wildman–Crippen LogP) is 5.16. The van der Waals surface area contributed by atoms with E-state index in [4.69, 9.17) is 4.18 Å². The molecule has 0 saturated heterocycles. The molecule has 0 unspecified atom stereocenters. The number of nitro groups is 1. The first-order valence-corrected chi connectivity index (χ1v) is 8.23. The van der Waals surface area contributed by atoms with Crippen LogP contribution in [0.15, 0.2) is 48.5 Å². The van der Waals surface area contributed by atoms with Gasteiger partial charge in [0.2, 0.25) is 5.75 Å².